The lowest BCUT2D eigenvalue weighted by atomic mass is 10.0. The molecule has 0 aromatic heterocycles. The van der Waals surface area contributed by atoms with Gasteiger partial charge in [-0.25, -0.2) is 0 Å². The number of rotatable bonds is 6. The number of carbonyl (C=O) groups excluding carboxylic acids is 1. The molecule has 0 aromatic carbocycles. The quantitative estimate of drug-likeness (QED) is 0.743. The summed E-state index contributed by atoms with van der Waals surface area (Å²) < 4.78 is 0. The zero-order valence-corrected chi connectivity index (χ0v) is 10.5. The Morgan fingerprint density at radius 3 is 2.67 bits per heavy atom. The summed E-state index contributed by atoms with van der Waals surface area (Å²) in [5.41, 5.74) is 1.14. The Morgan fingerprint density at radius 1 is 1.33 bits per heavy atom. The van der Waals surface area contributed by atoms with Crippen LogP contribution in [-0.2, 0) is 9.59 Å². The predicted octanol–water partition coefficient (Wildman–Crippen LogP) is 1.11. The van der Waals surface area contributed by atoms with E-state index in [2.05, 4.69) is 11.4 Å². The lowest BCUT2D eigenvalue weighted by Crippen LogP contribution is -2.40. The second-order valence-electron chi connectivity index (χ2n) is 4.93. The first-order valence-electron chi connectivity index (χ1n) is 6.62. The van der Waals surface area contributed by atoms with Gasteiger partial charge in [-0.1, -0.05) is 6.08 Å². The number of nitrogens with zero attached hydrogens (tertiary/aromatic N) is 1. The molecule has 0 aromatic rings. The van der Waals surface area contributed by atoms with E-state index < -0.39 is 5.97 Å². The summed E-state index contributed by atoms with van der Waals surface area (Å²) in [5, 5.41) is 11.2. The van der Waals surface area contributed by atoms with E-state index >= 15 is 0 Å². The molecular weight excluding hydrogens is 232 g/mol. The molecular formula is C13H20N2O3. The van der Waals surface area contributed by atoms with E-state index in [1.54, 1.807) is 0 Å². The molecule has 0 atom stereocenters. The Bertz CT molecular complexity index is 361. The molecule has 0 aliphatic heterocycles. The third kappa shape index (κ3) is 3.57. The first kappa shape index (κ1) is 13.1. The smallest absolute Gasteiger partial charge is 0.317 e. The molecule has 1 saturated carbocycles. The van der Waals surface area contributed by atoms with Gasteiger partial charge in [-0.2, -0.15) is 0 Å². The Balaban J connectivity index is 1.90. The number of aliphatic carboxylic acids is 1. The molecule has 1 fully saturated rings. The summed E-state index contributed by atoms with van der Waals surface area (Å²) in [4.78, 5) is 24.4. The Kier molecular flexibility index (Phi) is 4.36. The van der Waals surface area contributed by atoms with Crippen molar-refractivity contribution < 1.29 is 14.7 Å². The van der Waals surface area contributed by atoms with Crippen molar-refractivity contribution >= 4 is 11.9 Å². The van der Waals surface area contributed by atoms with Crippen LogP contribution in [0.15, 0.2) is 11.8 Å². The lowest BCUT2D eigenvalue weighted by molar-refractivity contribution is -0.136. The fourth-order valence-electron chi connectivity index (χ4n) is 2.33. The van der Waals surface area contributed by atoms with Crippen LogP contribution in [0.3, 0.4) is 0 Å². The first-order chi connectivity index (χ1) is 8.68. The molecule has 5 nitrogen and oxygen atoms in total. The van der Waals surface area contributed by atoms with Gasteiger partial charge < -0.3 is 10.0 Å². The maximum absolute atomic E-state index is 12.1. The van der Waals surface area contributed by atoms with Crippen LogP contribution < -0.4 is 5.32 Å². The monoisotopic (exact) mass is 252 g/mol. The van der Waals surface area contributed by atoms with Gasteiger partial charge in [0.05, 0.1) is 13.1 Å². The van der Waals surface area contributed by atoms with E-state index in [-0.39, 0.29) is 19.0 Å². The highest BCUT2D eigenvalue weighted by molar-refractivity contribution is 5.81. The normalized spacial score (nSPS) is 19.2. The fraction of sp³-hybridized carbons (Fsp3) is 0.692. The molecule has 0 unspecified atom stereocenters. The number of hydrogen-bond donors (Lipinski definition) is 2. The van der Waals surface area contributed by atoms with Crippen LogP contribution in [0.4, 0.5) is 0 Å². The summed E-state index contributed by atoms with van der Waals surface area (Å²) >= 11 is 0. The SMILES string of the molecule is O=C(O)CNCC(=O)N(C1=CCCCC1)C1CC1. The van der Waals surface area contributed by atoms with Gasteiger partial charge >= 0.3 is 5.97 Å². The average molecular weight is 252 g/mol. The zero-order chi connectivity index (χ0) is 13.0. The number of hydrogen-bond acceptors (Lipinski definition) is 3. The number of nitrogens with one attached hydrogen (secondary N) is 1. The number of carboxylic acids is 1. The van der Waals surface area contributed by atoms with Crippen LogP contribution >= 0.6 is 0 Å². The topological polar surface area (TPSA) is 69.6 Å². The van der Waals surface area contributed by atoms with Crippen molar-refractivity contribution in [2.24, 2.45) is 0 Å². The highest BCUT2D eigenvalue weighted by Crippen LogP contribution is 2.33. The van der Waals surface area contributed by atoms with Gasteiger partial charge in [-0.05, 0) is 38.5 Å². The van der Waals surface area contributed by atoms with Crippen molar-refractivity contribution in [2.45, 2.75) is 44.6 Å². The Hall–Kier alpha value is -1.36. The number of amides is 1. The second-order valence-corrected chi connectivity index (χ2v) is 4.93. The van der Waals surface area contributed by atoms with Crippen LogP contribution in [0.2, 0.25) is 0 Å². The Morgan fingerprint density at radius 2 is 2.11 bits per heavy atom. The lowest BCUT2D eigenvalue weighted by Gasteiger charge is -2.27. The van der Waals surface area contributed by atoms with Crippen molar-refractivity contribution in [3.05, 3.63) is 11.8 Å². The van der Waals surface area contributed by atoms with Crippen molar-refractivity contribution in [3.8, 4) is 0 Å². The summed E-state index contributed by atoms with van der Waals surface area (Å²) in [7, 11) is 0. The number of carboxylic acid groups (broad SMARTS) is 1. The van der Waals surface area contributed by atoms with Gasteiger partial charge in [0.1, 0.15) is 0 Å². The molecule has 0 spiro atoms. The van der Waals surface area contributed by atoms with Gasteiger partial charge in [0.15, 0.2) is 0 Å². The highest BCUT2D eigenvalue weighted by atomic mass is 16.4. The molecule has 5 heteroatoms. The largest absolute Gasteiger partial charge is 0.480 e. The summed E-state index contributed by atoms with van der Waals surface area (Å²) in [6.07, 6.45) is 8.68. The molecule has 2 aliphatic carbocycles. The third-order valence-electron chi connectivity index (χ3n) is 3.31. The first-order valence-corrected chi connectivity index (χ1v) is 6.62. The van der Waals surface area contributed by atoms with E-state index in [0.717, 1.165) is 37.8 Å². The molecule has 2 rings (SSSR count). The molecule has 1 amide bonds. The number of allylic oxidation sites excluding steroid dienone is 2. The summed E-state index contributed by atoms with van der Waals surface area (Å²) in [5.74, 6) is -0.926. The average Bonchev–Trinajstić information content (AvgIpc) is 3.15. The van der Waals surface area contributed by atoms with Crippen LogP contribution in [0.25, 0.3) is 0 Å². The van der Waals surface area contributed by atoms with E-state index in [1.807, 2.05) is 4.90 Å². The molecule has 0 heterocycles. The van der Waals surface area contributed by atoms with Gasteiger partial charge in [0.25, 0.3) is 0 Å². The van der Waals surface area contributed by atoms with E-state index in [0.29, 0.717) is 6.04 Å². The maximum Gasteiger partial charge on any atom is 0.317 e. The van der Waals surface area contributed by atoms with Crippen LogP contribution in [0, 0.1) is 0 Å². The minimum atomic E-state index is -0.933. The minimum Gasteiger partial charge on any atom is -0.480 e. The number of carbonyl (C=O) groups is 2. The maximum atomic E-state index is 12.1. The van der Waals surface area contributed by atoms with E-state index in [4.69, 9.17) is 5.11 Å². The van der Waals surface area contributed by atoms with Crippen molar-refractivity contribution in [1.29, 1.82) is 0 Å². The summed E-state index contributed by atoms with van der Waals surface area (Å²) in [6, 6.07) is 0.355. The van der Waals surface area contributed by atoms with Crippen molar-refractivity contribution in [2.75, 3.05) is 13.1 Å². The van der Waals surface area contributed by atoms with Crippen LogP contribution in [-0.4, -0.2) is 41.0 Å². The fourth-order valence-corrected chi connectivity index (χ4v) is 2.33. The molecule has 0 saturated heterocycles. The summed E-state index contributed by atoms with van der Waals surface area (Å²) in [6.45, 7) is -0.0521. The molecule has 0 radical (unpaired) electrons. The molecule has 2 N–H and O–H groups in total. The van der Waals surface area contributed by atoms with Crippen molar-refractivity contribution in [1.82, 2.24) is 10.2 Å². The zero-order valence-electron chi connectivity index (χ0n) is 10.5. The van der Waals surface area contributed by atoms with Crippen LogP contribution in [0.5, 0.6) is 0 Å². The molecule has 100 valence electrons. The molecule has 2 aliphatic rings. The van der Waals surface area contributed by atoms with Gasteiger partial charge in [0.2, 0.25) is 5.91 Å². The second kappa shape index (κ2) is 6.00. The van der Waals surface area contributed by atoms with Gasteiger partial charge in [-0.3, -0.25) is 14.9 Å². The van der Waals surface area contributed by atoms with Crippen molar-refractivity contribution in [3.63, 3.8) is 0 Å². The minimum absolute atomic E-state index is 0.00639. The molecule has 0 bridgehead atoms. The van der Waals surface area contributed by atoms with Gasteiger partial charge in [0, 0.05) is 11.7 Å². The predicted molar refractivity (Wildman–Crippen MR) is 66.9 cm³/mol. The van der Waals surface area contributed by atoms with Crippen LogP contribution in [0.1, 0.15) is 38.5 Å². The Labute approximate surface area is 107 Å². The standard InChI is InChI=1S/C13H20N2O3/c16-12(8-14-9-13(17)18)15(11-6-7-11)10-4-2-1-3-5-10/h4,11,14H,1-3,5-9H2,(H,17,18). The third-order valence-corrected chi connectivity index (χ3v) is 3.31. The molecule has 18 heavy (non-hydrogen) atoms. The van der Waals surface area contributed by atoms with E-state index in [1.165, 1.54) is 6.42 Å². The highest BCUT2D eigenvalue weighted by Gasteiger charge is 2.34. The van der Waals surface area contributed by atoms with E-state index in [9.17, 15) is 9.59 Å². The van der Waals surface area contributed by atoms with Gasteiger partial charge in [-0.15, -0.1) is 0 Å².